The van der Waals surface area contributed by atoms with E-state index < -0.39 is 0 Å². The predicted octanol–water partition coefficient (Wildman–Crippen LogP) is 4.49. The van der Waals surface area contributed by atoms with Crippen LogP contribution in [-0.2, 0) is 5.88 Å². The summed E-state index contributed by atoms with van der Waals surface area (Å²) in [6.07, 6.45) is 3.53. The Morgan fingerprint density at radius 1 is 1.37 bits per heavy atom. The van der Waals surface area contributed by atoms with Crippen molar-refractivity contribution in [2.75, 3.05) is 0 Å². The number of imidazole rings is 1. The summed E-state index contributed by atoms with van der Waals surface area (Å²) in [6, 6.07) is 6.07. The van der Waals surface area contributed by atoms with E-state index in [-0.39, 0.29) is 6.04 Å². The Morgan fingerprint density at radius 3 is 2.89 bits per heavy atom. The molecule has 3 aromatic heterocycles. The summed E-state index contributed by atoms with van der Waals surface area (Å²) in [5.41, 5.74) is 1.91. The molecule has 3 nitrogen and oxygen atoms in total. The van der Waals surface area contributed by atoms with Crippen LogP contribution in [0.3, 0.4) is 0 Å². The standard InChI is InChI=1S/C13H11Cl2N3S/c1-8(11-2-3-12(15)19-11)18-10-4-5-16-7-9(10)17-13(18)6-14/h2-5,7-8H,6H2,1H3. The third-order valence-electron chi connectivity index (χ3n) is 3.08. The van der Waals surface area contributed by atoms with Crippen LogP contribution in [0.15, 0.2) is 30.6 Å². The molecular weight excluding hydrogens is 301 g/mol. The van der Waals surface area contributed by atoms with Gasteiger partial charge in [-0.05, 0) is 25.1 Å². The topological polar surface area (TPSA) is 30.7 Å². The Kier molecular flexibility index (Phi) is 3.48. The summed E-state index contributed by atoms with van der Waals surface area (Å²) in [5, 5.41) is 0. The number of thiophene rings is 1. The zero-order valence-corrected chi connectivity index (χ0v) is 12.5. The van der Waals surface area contributed by atoms with Gasteiger partial charge in [0.05, 0.1) is 28.0 Å². The summed E-state index contributed by atoms with van der Waals surface area (Å²) in [6.45, 7) is 2.12. The normalized spacial score (nSPS) is 13.0. The number of pyridine rings is 1. The van der Waals surface area contributed by atoms with Crippen LogP contribution < -0.4 is 0 Å². The summed E-state index contributed by atoms with van der Waals surface area (Å²) < 4.78 is 2.94. The molecular formula is C13H11Cl2N3S. The first-order chi connectivity index (χ1) is 9.20. The molecule has 0 aromatic carbocycles. The highest BCUT2D eigenvalue weighted by Crippen LogP contribution is 2.32. The van der Waals surface area contributed by atoms with E-state index >= 15 is 0 Å². The molecule has 98 valence electrons. The fourth-order valence-electron chi connectivity index (χ4n) is 2.21. The maximum Gasteiger partial charge on any atom is 0.125 e. The van der Waals surface area contributed by atoms with E-state index in [2.05, 4.69) is 21.5 Å². The Morgan fingerprint density at radius 2 is 2.21 bits per heavy atom. The summed E-state index contributed by atoms with van der Waals surface area (Å²) in [7, 11) is 0. The van der Waals surface area contributed by atoms with Gasteiger partial charge >= 0.3 is 0 Å². The Balaban J connectivity index is 2.17. The van der Waals surface area contributed by atoms with Gasteiger partial charge in [0.25, 0.3) is 0 Å². The number of hydrogen-bond acceptors (Lipinski definition) is 3. The van der Waals surface area contributed by atoms with Gasteiger partial charge in [0.2, 0.25) is 0 Å². The average Bonchev–Trinajstić information content (AvgIpc) is 3.01. The lowest BCUT2D eigenvalue weighted by atomic mass is 10.2. The van der Waals surface area contributed by atoms with Crippen molar-refractivity contribution in [2.45, 2.75) is 18.8 Å². The van der Waals surface area contributed by atoms with Crippen molar-refractivity contribution in [1.29, 1.82) is 0 Å². The molecule has 0 fully saturated rings. The Labute approximate surface area is 124 Å². The summed E-state index contributed by atoms with van der Waals surface area (Å²) >= 11 is 13.6. The van der Waals surface area contributed by atoms with Crippen molar-refractivity contribution in [2.24, 2.45) is 0 Å². The van der Waals surface area contributed by atoms with Crippen LogP contribution in [0, 0.1) is 0 Å². The molecule has 3 rings (SSSR count). The number of alkyl halides is 1. The monoisotopic (exact) mass is 311 g/mol. The summed E-state index contributed by atoms with van der Waals surface area (Å²) in [5.74, 6) is 1.22. The lowest BCUT2D eigenvalue weighted by molar-refractivity contribution is 0.644. The molecule has 0 aliphatic heterocycles. The molecule has 1 atom stereocenters. The van der Waals surface area contributed by atoms with Gasteiger partial charge < -0.3 is 4.57 Å². The number of fused-ring (bicyclic) bond motifs is 1. The minimum Gasteiger partial charge on any atom is -0.319 e. The second kappa shape index (κ2) is 5.12. The number of nitrogens with zero attached hydrogens (tertiary/aromatic N) is 3. The smallest absolute Gasteiger partial charge is 0.125 e. The maximum absolute atomic E-state index is 6.02. The molecule has 0 spiro atoms. The highest BCUT2D eigenvalue weighted by molar-refractivity contribution is 7.16. The van der Waals surface area contributed by atoms with Crippen LogP contribution >= 0.6 is 34.5 Å². The quantitative estimate of drug-likeness (QED) is 0.667. The van der Waals surface area contributed by atoms with Crippen LogP contribution in [0.4, 0.5) is 0 Å². The van der Waals surface area contributed by atoms with E-state index in [1.165, 1.54) is 4.88 Å². The average molecular weight is 312 g/mol. The van der Waals surface area contributed by atoms with Gasteiger partial charge in [-0.3, -0.25) is 4.98 Å². The van der Waals surface area contributed by atoms with E-state index in [1.54, 1.807) is 23.7 Å². The van der Waals surface area contributed by atoms with E-state index in [9.17, 15) is 0 Å². The minimum atomic E-state index is 0.152. The number of hydrogen-bond donors (Lipinski definition) is 0. The molecule has 3 heterocycles. The van der Waals surface area contributed by atoms with Crippen molar-refractivity contribution in [3.05, 3.63) is 45.6 Å². The van der Waals surface area contributed by atoms with Gasteiger partial charge in [-0.2, -0.15) is 0 Å². The van der Waals surface area contributed by atoms with Crippen LogP contribution in [0.5, 0.6) is 0 Å². The largest absolute Gasteiger partial charge is 0.319 e. The lowest BCUT2D eigenvalue weighted by Crippen LogP contribution is -2.08. The first-order valence-corrected chi connectivity index (χ1v) is 7.55. The third-order valence-corrected chi connectivity index (χ3v) is 4.72. The number of halogens is 2. The molecule has 0 aliphatic rings. The van der Waals surface area contributed by atoms with Gasteiger partial charge in [-0.25, -0.2) is 4.98 Å². The predicted molar refractivity (Wildman–Crippen MR) is 80.2 cm³/mol. The highest BCUT2D eigenvalue weighted by Gasteiger charge is 2.18. The molecule has 0 aliphatic carbocycles. The van der Waals surface area contributed by atoms with Crippen LogP contribution in [-0.4, -0.2) is 14.5 Å². The zero-order valence-electron chi connectivity index (χ0n) is 10.2. The molecule has 0 saturated carbocycles. The first-order valence-electron chi connectivity index (χ1n) is 5.82. The maximum atomic E-state index is 6.02. The number of aromatic nitrogens is 3. The first kappa shape index (κ1) is 12.9. The number of rotatable bonds is 3. The second-order valence-electron chi connectivity index (χ2n) is 4.21. The van der Waals surface area contributed by atoms with Gasteiger partial charge in [0, 0.05) is 11.1 Å². The highest BCUT2D eigenvalue weighted by atomic mass is 35.5. The Bertz CT molecular complexity index is 720. The van der Waals surface area contributed by atoms with Gasteiger partial charge in [0.15, 0.2) is 0 Å². The molecule has 6 heteroatoms. The molecule has 0 bridgehead atoms. The molecule has 19 heavy (non-hydrogen) atoms. The fourth-order valence-corrected chi connectivity index (χ4v) is 3.50. The minimum absolute atomic E-state index is 0.152. The fraction of sp³-hybridized carbons (Fsp3) is 0.231. The molecule has 3 aromatic rings. The zero-order chi connectivity index (χ0) is 13.4. The second-order valence-corrected chi connectivity index (χ2v) is 6.23. The van der Waals surface area contributed by atoms with E-state index in [0.717, 1.165) is 21.2 Å². The van der Waals surface area contributed by atoms with Crippen LogP contribution in [0.2, 0.25) is 4.34 Å². The summed E-state index contributed by atoms with van der Waals surface area (Å²) in [4.78, 5) is 9.81. The van der Waals surface area contributed by atoms with Crippen LogP contribution in [0.1, 0.15) is 23.7 Å². The SMILES string of the molecule is CC(c1ccc(Cl)s1)n1c(CCl)nc2cnccc21. The van der Waals surface area contributed by atoms with Crippen molar-refractivity contribution in [1.82, 2.24) is 14.5 Å². The molecule has 0 amide bonds. The van der Waals surface area contributed by atoms with Gasteiger partial charge in [-0.1, -0.05) is 11.6 Å². The van der Waals surface area contributed by atoms with Crippen molar-refractivity contribution in [3.63, 3.8) is 0 Å². The van der Waals surface area contributed by atoms with Gasteiger partial charge in [-0.15, -0.1) is 22.9 Å². The van der Waals surface area contributed by atoms with Crippen molar-refractivity contribution in [3.8, 4) is 0 Å². The van der Waals surface area contributed by atoms with Gasteiger partial charge in [0.1, 0.15) is 11.3 Å². The molecule has 1 unspecified atom stereocenters. The molecule has 0 radical (unpaired) electrons. The van der Waals surface area contributed by atoms with Crippen molar-refractivity contribution < 1.29 is 0 Å². The van der Waals surface area contributed by atoms with E-state index in [1.807, 2.05) is 18.2 Å². The third kappa shape index (κ3) is 2.24. The molecule has 0 saturated heterocycles. The van der Waals surface area contributed by atoms with Crippen LogP contribution in [0.25, 0.3) is 11.0 Å². The van der Waals surface area contributed by atoms with E-state index in [4.69, 9.17) is 23.2 Å². The molecule has 0 N–H and O–H groups in total. The van der Waals surface area contributed by atoms with Crippen molar-refractivity contribution >= 4 is 45.6 Å². The Hall–Kier alpha value is -1.10. The van der Waals surface area contributed by atoms with E-state index in [0.29, 0.717) is 5.88 Å². The lowest BCUT2D eigenvalue weighted by Gasteiger charge is -2.15.